The SMILES string of the molecule is CC(N)C1CN(CC(=O)Nc2ccccc2Cl)CCO1. The lowest BCUT2D eigenvalue weighted by Crippen LogP contribution is -2.51. The van der Waals surface area contributed by atoms with Crippen LogP contribution < -0.4 is 11.1 Å². The highest BCUT2D eigenvalue weighted by Gasteiger charge is 2.24. The van der Waals surface area contributed by atoms with E-state index >= 15 is 0 Å². The van der Waals surface area contributed by atoms with Crippen LogP contribution in [-0.4, -0.2) is 49.2 Å². The number of amides is 1. The van der Waals surface area contributed by atoms with Gasteiger partial charge in [-0.25, -0.2) is 0 Å². The molecule has 0 radical (unpaired) electrons. The molecule has 0 saturated carbocycles. The first-order valence-electron chi connectivity index (χ1n) is 6.70. The van der Waals surface area contributed by atoms with Crippen molar-refractivity contribution in [3.63, 3.8) is 0 Å². The number of morpholine rings is 1. The van der Waals surface area contributed by atoms with Crippen molar-refractivity contribution in [2.45, 2.75) is 19.1 Å². The molecule has 2 atom stereocenters. The summed E-state index contributed by atoms with van der Waals surface area (Å²) in [5.41, 5.74) is 6.47. The monoisotopic (exact) mass is 297 g/mol. The highest BCUT2D eigenvalue weighted by Crippen LogP contribution is 2.20. The molecule has 3 N–H and O–H groups in total. The highest BCUT2D eigenvalue weighted by atomic mass is 35.5. The predicted molar refractivity (Wildman–Crippen MR) is 79.9 cm³/mol. The Hall–Kier alpha value is -1.14. The van der Waals surface area contributed by atoms with Crippen molar-refractivity contribution in [3.8, 4) is 0 Å². The molecule has 1 aliphatic heterocycles. The predicted octanol–water partition coefficient (Wildman–Crippen LogP) is 1.33. The van der Waals surface area contributed by atoms with E-state index in [0.717, 1.165) is 6.54 Å². The van der Waals surface area contributed by atoms with Crippen LogP contribution in [0.1, 0.15) is 6.92 Å². The van der Waals surface area contributed by atoms with Crippen LogP contribution in [0, 0.1) is 0 Å². The van der Waals surface area contributed by atoms with Crippen molar-refractivity contribution in [1.29, 1.82) is 0 Å². The van der Waals surface area contributed by atoms with Crippen molar-refractivity contribution >= 4 is 23.2 Å². The topological polar surface area (TPSA) is 67.6 Å². The van der Waals surface area contributed by atoms with E-state index in [1.165, 1.54) is 0 Å². The Kier molecular flexibility index (Phi) is 5.37. The number of hydrogen-bond acceptors (Lipinski definition) is 4. The number of para-hydroxylation sites is 1. The summed E-state index contributed by atoms with van der Waals surface area (Å²) >= 11 is 6.01. The fourth-order valence-corrected chi connectivity index (χ4v) is 2.33. The van der Waals surface area contributed by atoms with Gasteiger partial charge in [0.15, 0.2) is 0 Å². The average Bonchev–Trinajstić information content (AvgIpc) is 2.41. The molecule has 1 saturated heterocycles. The van der Waals surface area contributed by atoms with Gasteiger partial charge < -0.3 is 15.8 Å². The van der Waals surface area contributed by atoms with Gasteiger partial charge in [-0.05, 0) is 19.1 Å². The lowest BCUT2D eigenvalue weighted by molar-refractivity contribution is -0.119. The summed E-state index contributed by atoms with van der Waals surface area (Å²) in [5, 5.41) is 3.36. The van der Waals surface area contributed by atoms with Crippen molar-refractivity contribution < 1.29 is 9.53 Å². The molecule has 1 aromatic carbocycles. The number of hydrogen-bond donors (Lipinski definition) is 2. The Labute approximate surface area is 124 Å². The Bertz CT molecular complexity index is 467. The Morgan fingerprint density at radius 3 is 3.05 bits per heavy atom. The molecule has 1 aromatic rings. The molecule has 0 aliphatic carbocycles. The molecule has 20 heavy (non-hydrogen) atoms. The molecule has 0 bridgehead atoms. The number of carbonyl (C=O) groups excluding carboxylic acids is 1. The van der Waals surface area contributed by atoms with Crippen LogP contribution in [0.3, 0.4) is 0 Å². The van der Waals surface area contributed by atoms with Gasteiger partial charge in [0.2, 0.25) is 5.91 Å². The number of carbonyl (C=O) groups is 1. The van der Waals surface area contributed by atoms with Gasteiger partial charge in [-0.3, -0.25) is 9.69 Å². The number of ether oxygens (including phenoxy) is 1. The van der Waals surface area contributed by atoms with E-state index < -0.39 is 0 Å². The number of halogens is 1. The van der Waals surface area contributed by atoms with Gasteiger partial charge in [0.1, 0.15) is 0 Å². The van der Waals surface area contributed by atoms with Crippen molar-refractivity contribution in [1.82, 2.24) is 4.90 Å². The van der Waals surface area contributed by atoms with E-state index in [9.17, 15) is 4.79 Å². The first-order valence-corrected chi connectivity index (χ1v) is 7.08. The maximum Gasteiger partial charge on any atom is 0.238 e. The second-order valence-corrected chi connectivity index (χ2v) is 5.44. The van der Waals surface area contributed by atoms with Gasteiger partial charge in [0.25, 0.3) is 0 Å². The van der Waals surface area contributed by atoms with Crippen LogP contribution in [0.15, 0.2) is 24.3 Å². The maximum atomic E-state index is 12.0. The lowest BCUT2D eigenvalue weighted by Gasteiger charge is -2.34. The summed E-state index contributed by atoms with van der Waals surface area (Å²) in [6, 6.07) is 7.15. The standard InChI is InChI=1S/C14H20ClN3O2/c1-10(16)13-8-18(6-7-20-13)9-14(19)17-12-5-3-2-4-11(12)15/h2-5,10,13H,6-9,16H2,1H3,(H,17,19). The maximum absolute atomic E-state index is 12.0. The first-order chi connectivity index (χ1) is 9.56. The van der Waals surface area contributed by atoms with E-state index in [1.807, 2.05) is 24.0 Å². The van der Waals surface area contributed by atoms with Crippen LogP contribution in [0.25, 0.3) is 0 Å². The molecule has 1 amide bonds. The number of rotatable bonds is 4. The van der Waals surface area contributed by atoms with Crippen LogP contribution in [0.5, 0.6) is 0 Å². The number of nitrogens with zero attached hydrogens (tertiary/aromatic N) is 1. The molecule has 2 unspecified atom stereocenters. The van der Waals surface area contributed by atoms with Crippen molar-refractivity contribution in [2.75, 3.05) is 31.6 Å². The van der Waals surface area contributed by atoms with Gasteiger partial charge in [-0.15, -0.1) is 0 Å². The van der Waals surface area contributed by atoms with Gasteiger partial charge in [-0.1, -0.05) is 23.7 Å². The first kappa shape index (κ1) is 15.3. The summed E-state index contributed by atoms with van der Waals surface area (Å²) in [6.45, 7) is 4.24. The summed E-state index contributed by atoms with van der Waals surface area (Å²) < 4.78 is 5.57. The van der Waals surface area contributed by atoms with E-state index in [0.29, 0.717) is 30.4 Å². The van der Waals surface area contributed by atoms with Crippen LogP contribution in [0.2, 0.25) is 5.02 Å². The number of nitrogens with one attached hydrogen (secondary N) is 1. The molecule has 1 fully saturated rings. The summed E-state index contributed by atoms with van der Waals surface area (Å²) in [6.07, 6.45) is -0.0168. The van der Waals surface area contributed by atoms with Crippen LogP contribution in [-0.2, 0) is 9.53 Å². The Morgan fingerprint density at radius 1 is 1.60 bits per heavy atom. The molecule has 5 nitrogen and oxygen atoms in total. The number of benzene rings is 1. The zero-order valence-electron chi connectivity index (χ0n) is 11.5. The minimum atomic E-state index is -0.0802. The fourth-order valence-electron chi connectivity index (χ4n) is 2.15. The van der Waals surface area contributed by atoms with Crippen LogP contribution in [0.4, 0.5) is 5.69 Å². The van der Waals surface area contributed by atoms with Crippen molar-refractivity contribution in [3.05, 3.63) is 29.3 Å². The smallest absolute Gasteiger partial charge is 0.238 e. The second-order valence-electron chi connectivity index (χ2n) is 5.03. The third-order valence-electron chi connectivity index (χ3n) is 3.28. The van der Waals surface area contributed by atoms with Gasteiger partial charge in [-0.2, -0.15) is 0 Å². The van der Waals surface area contributed by atoms with Gasteiger partial charge in [0, 0.05) is 19.1 Å². The lowest BCUT2D eigenvalue weighted by atomic mass is 10.1. The highest BCUT2D eigenvalue weighted by molar-refractivity contribution is 6.33. The van der Waals surface area contributed by atoms with E-state index in [2.05, 4.69) is 5.32 Å². The molecule has 2 rings (SSSR count). The summed E-state index contributed by atoms with van der Waals surface area (Å²) in [4.78, 5) is 14.1. The largest absolute Gasteiger partial charge is 0.374 e. The van der Waals surface area contributed by atoms with Gasteiger partial charge in [0.05, 0.1) is 30.0 Å². The van der Waals surface area contributed by atoms with E-state index in [1.54, 1.807) is 12.1 Å². The Morgan fingerprint density at radius 2 is 2.35 bits per heavy atom. The molecule has 0 spiro atoms. The summed E-state index contributed by atoms with van der Waals surface area (Å²) in [7, 11) is 0. The quantitative estimate of drug-likeness (QED) is 0.880. The molecule has 6 heteroatoms. The van der Waals surface area contributed by atoms with Gasteiger partial charge >= 0.3 is 0 Å². The molecule has 1 heterocycles. The minimum absolute atomic E-state index is 0.0168. The molecule has 110 valence electrons. The third kappa shape index (κ3) is 4.18. The van der Waals surface area contributed by atoms with Crippen LogP contribution >= 0.6 is 11.6 Å². The zero-order valence-corrected chi connectivity index (χ0v) is 12.3. The second kappa shape index (κ2) is 7.04. The molecule has 1 aliphatic rings. The normalized spacial score (nSPS) is 21.4. The van der Waals surface area contributed by atoms with Crippen molar-refractivity contribution in [2.24, 2.45) is 5.73 Å². The number of anilines is 1. The molecule has 0 aromatic heterocycles. The van der Waals surface area contributed by atoms with E-state index in [-0.39, 0.29) is 18.1 Å². The average molecular weight is 298 g/mol. The van der Waals surface area contributed by atoms with E-state index in [4.69, 9.17) is 22.1 Å². The molecular formula is C14H20ClN3O2. The zero-order chi connectivity index (χ0) is 14.5. The Balaban J connectivity index is 1.87. The summed E-state index contributed by atoms with van der Waals surface area (Å²) in [5.74, 6) is -0.0802. The fraction of sp³-hybridized carbons (Fsp3) is 0.500. The molecular weight excluding hydrogens is 278 g/mol. The minimum Gasteiger partial charge on any atom is -0.374 e. The number of nitrogens with two attached hydrogens (primary N) is 1. The third-order valence-corrected chi connectivity index (χ3v) is 3.61.